The van der Waals surface area contributed by atoms with E-state index in [1.54, 1.807) is 0 Å². The smallest absolute Gasteiger partial charge is 0.0802 e. The quantitative estimate of drug-likeness (QED) is 0.507. The maximum Gasteiger partial charge on any atom is 0.0802 e. The molecule has 4 rings (SSSR count). The average molecular weight is 296 g/mol. The van der Waals surface area contributed by atoms with E-state index in [2.05, 4.69) is 71.8 Å². The molecule has 110 valence electrons. The van der Waals surface area contributed by atoms with Crippen molar-refractivity contribution in [2.75, 3.05) is 0 Å². The SMILES string of the molecule is c1ccc(-c2cccc(-c3ccccc3)c2-n2cccn2)cc1. The van der Waals surface area contributed by atoms with E-state index in [0.717, 1.165) is 5.69 Å². The van der Waals surface area contributed by atoms with Crippen LogP contribution in [0, 0.1) is 0 Å². The van der Waals surface area contributed by atoms with E-state index in [4.69, 9.17) is 0 Å². The van der Waals surface area contributed by atoms with E-state index < -0.39 is 0 Å². The summed E-state index contributed by atoms with van der Waals surface area (Å²) in [7, 11) is 0. The van der Waals surface area contributed by atoms with Gasteiger partial charge in [-0.1, -0.05) is 78.9 Å². The van der Waals surface area contributed by atoms with Crippen LogP contribution >= 0.6 is 0 Å². The fourth-order valence-electron chi connectivity index (χ4n) is 2.89. The summed E-state index contributed by atoms with van der Waals surface area (Å²) in [6.07, 6.45) is 3.81. The molecular formula is C21H16N2. The third-order valence-corrected chi connectivity index (χ3v) is 3.94. The molecule has 0 unspecified atom stereocenters. The Morgan fingerprint density at radius 2 is 1.13 bits per heavy atom. The van der Waals surface area contributed by atoms with Gasteiger partial charge in [0.2, 0.25) is 0 Å². The number of rotatable bonds is 3. The number of hydrogen-bond acceptors (Lipinski definition) is 1. The first-order valence-corrected chi connectivity index (χ1v) is 7.67. The molecular weight excluding hydrogens is 280 g/mol. The van der Waals surface area contributed by atoms with Gasteiger partial charge < -0.3 is 0 Å². The highest BCUT2D eigenvalue weighted by Gasteiger charge is 2.13. The Kier molecular flexibility index (Phi) is 3.49. The standard InChI is InChI=1S/C21H16N2/c1-3-9-17(10-4-1)19-13-7-14-20(18-11-5-2-6-12-18)21(19)23-16-8-15-22-23/h1-16H. The Morgan fingerprint density at radius 3 is 1.61 bits per heavy atom. The highest BCUT2D eigenvalue weighted by molar-refractivity contribution is 5.85. The van der Waals surface area contributed by atoms with E-state index >= 15 is 0 Å². The second kappa shape index (κ2) is 5.93. The van der Waals surface area contributed by atoms with Crippen LogP contribution in [-0.2, 0) is 0 Å². The Morgan fingerprint density at radius 1 is 0.565 bits per heavy atom. The summed E-state index contributed by atoms with van der Waals surface area (Å²) in [5.74, 6) is 0. The van der Waals surface area contributed by atoms with Crippen LogP contribution in [0.1, 0.15) is 0 Å². The first kappa shape index (κ1) is 13.5. The molecule has 3 aromatic carbocycles. The van der Waals surface area contributed by atoms with Crippen molar-refractivity contribution in [2.45, 2.75) is 0 Å². The molecule has 0 amide bonds. The molecule has 2 heteroatoms. The second-order valence-corrected chi connectivity index (χ2v) is 5.38. The number of nitrogens with zero attached hydrogens (tertiary/aromatic N) is 2. The van der Waals surface area contributed by atoms with Gasteiger partial charge in [-0.3, -0.25) is 0 Å². The summed E-state index contributed by atoms with van der Waals surface area (Å²) < 4.78 is 1.95. The van der Waals surface area contributed by atoms with Gasteiger partial charge >= 0.3 is 0 Å². The van der Waals surface area contributed by atoms with E-state index in [0.29, 0.717) is 0 Å². The number of hydrogen-bond donors (Lipinski definition) is 0. The van der Waals surface area contributed by atoms with Gasteiger partial charge in [-0.15, -0.1) is 0 Å². The van der Waals surface area contributed by atoms with E-state index in [1.807, 2.05) is 35.3 Å². The molecule has 0 aliphatic rings. The van der Waals surface area contributed by atoms with Gasteiger partial charge in [0.05, 0.1) is 5.69 Å². The third-order valence-electron chi connectivity index (χ3n) is 3.94. The molecule has 23 heavy (non-hydrogen) atoms. The highest BCUT2D eigenvalue weighted by atomic mass is 15.3. The average Bonchev–Trinajstić information content (AvgIpc) is 3.17. The van der Waals surface area contributed by atoms with Crippen molar-refractivity contribution in [2.24, 2.45) is 0 Å². The third kappa shape index (κ3) is 2.55. The van der Waals surface area contributed by atoms with Gasteiger partial charge in [0, 0.05) is 23.5 Å². The largest absolute Gasteiger partial charge is 0.240 e. The van der Waals surface area contributed by atoms with Crippen LogP contribution in [0.15, 0.2) is 97.3 Å². The molecule has 4 aromatic rings. The Hall–Kier alpha value is -3.13. The van der Waals surface area contributed by atoms with Crippen molar-refractivity contribution in [1.82, 2.24) is 9.78 Å². The maximum atomic E-state index is 4.48. The van der Waals surface area contributed by atoms with Crippen LogP contribution in [0.25, 0.3) is 27.9 Å². The van der Waals surface area contributed by atoms with Gasteiger partial charge in [-0.2, -0.15) is 5.10 Å². The fraction of sp³-hybridized carbons (Fsp3) is 0. The minimum atomic E-state index is 1.11. The summed E-state index contributed by atoms with van der Waals surface area (Å²) in [5.41, 5.74) is 5.84. The highest BCUT2D eigenvalue weighted by Crippen LogP contribution is 2.34. The minimum Gasteiger partial charge on any atom is -0.240 e. The van der Waals surface area contributed by atoms with E-state index in [9.17, 15) is 0 Å². The van der Waals surface area contributed by atoms with Crippen molar-refractivity contribution < 1.29 is 0 Å². The van der Waals surface area contributed by atoms with Crippen LogP contribution < -0.4 is 0 Å². The summed E-state index contributed by atoms with van der Waals surface area (Å²) in [6, 6.07) is 29.3. The molecule has 0 spiro atoms. The van der Waals surface area contributed by atoms with Crippen LogP contribution in [-0.4, -0.2) is 9.78 Å². The van der Waals surface area contributed by atoms with E-state index in [1.165, 1.54) is 22.3 Å². The lowest BCUT2D eigenvalue weighted by Gasteiger charge is -2.15. The minimum absolute atomic E-state index is 1.11. The summed E-state index contributed by atoms with van der Waals surface area (Å²) in [5, 5.41) is 4.48. The Balaban J connectivity index is 2.01. The van der Waals surface area contributed by atoms with Gasteiger partial charge in [0.1, 0.15) is 0 Å². The predicted molar refractivity (Wildman–Crippen MR) is 94.4 cm³/mol. The molecule has 0 fully saturated rings. The summed E-state index contributed by atoms with van der Waals surface area (Å²) >= 11 is 0. The predicted octanol–water partition coefficient (Wildman–Crippen LogP) is 5.21. The zero-order valence-electron chi connectivity index (χ0n) is 12.6. The van der Waals surface area contributed by atoms with Crippen LogP contribution in [0.4, 0.5) is 0 Å². The fourth-order valence-corrected chi connectivity index (χ4v) is 2.89. The van der Waals surface area contributed by atoms with Crippen molar-refractivity contribution in [3.63, 3.8) is 0 Å². The lowest BCUT2D eigenvalue weighted by atomic mass is 9.96. The molecule has 0 aliphatic carbocycles. The molecule has 0 saturated carbocycles. The molecule has 0 aliphatic heterocycles. The first-order chi connectivity index (χ1) is 11.4. The van der Waals surface area contributed by atoms with E-state index in [-0.39, 0.29) is 0 Å². The normalized spacial score (nSPS) is 10.6. The first-order valence-electron chi connectivity index (χ1n) is 7.67. The number of benzene rings is 3. The molecule has 1 heterocycles. The van der Waals surface area contributed by atoms with Gasteiger partial charge in [0.15, 0.2) is 0 Å². The van der Waals surface area contributed by atoms with Crippen molar-refractivity contribution in [1.29, 1.82) is 0 Å². The van der Waals surface area contributed by atoms with Gasteiger partial charge in [-0.05, 0) is 17.2 Å². The van der Waals surface area contributed by atoms with Gasteiger partial charge in [0.25, 0.3) is 0 Å². The number of para-hydroxylation sites is 1. The molecule has 1 aromatic heterocycles. The lowest BCUT2D eigenvalue weighted by Crippen LogP contribution is -2.00. The lowest BCUT2D eigenvalue weighted by molar-refractivity contribution is 0.884. The molecule has 0 atom stereocenters. The van der Waals surface area contributed by atoms with Crippen molar-refractivity contribution in [3.05, 3.63) is 97.3 Å². The van der Waals surface area contributed by atoms with Crippen LogP contribution in [0.3, 0.4) is 0 Å². The molecule has 0 bridgehead atoms. The Bertz CT molecular complexity index is 838. The zero-order valence-corrected chi connectivity index (χ0v) is 12.6. The summed E-state index contributed by atoms with van der Waals surface area (Å²) in [6.45, 7) is 0. The molecule has 0 saturated heterocycles. The topological polar surface area (TPSA) is 17.8 Å². The van der Waals surface area contributed by atoms with Crippen molar-refractivity contribution >= 4 is 0 Å². The zero-order chi connectivity index (χ0) is 15.5. The maximum absolute atomic E-state index is 4.48. The van der Waals surface area contributed by atoms with Crippen molar-refractivity contribution in [3.8, 4) is 27.9 Å². The Labute approximate surface area is 135 Å². The number of aromatic nitrogens is 2. The summed E-state index contributed by atoms with van der Waals surface area (Å²) in [4.78, 5) is 0. The molecule has 0 radical (unpaired) electrons. The second-order valence-electron chi connectivity index (χ2n) is 5.38. The van der Waals surface area contributed by atoms with Crippen LogP contribution in [0.5, 0.6) is 0 Å². The molecule has 0 N–H and O–H groups in total. The van der Waals surface area contributed by atoms with Gasteiger partial charge in [-0.25, -0.2) is 4.68 Å². The molecule has 2 nitrogen and oxygen atoms in total. The van der Waals surface area contributed by atoms with Crippen LogP contribution in [0.2, 0.25) is 0 Å². The monoisotopic (exact) mass is 296 g/mol.